The molecule has 1 amide bonds. The molecule has 0 saturated heterocycles. The van der Waals surface area contributed by atoms with E-state index in [2.05, 4.69) is 5.32 Å². The van der Waals surface area contributed by atoms with Gasteiger partial charge in [0.15, 0.2) is 11.5 Å². The van der Waals surface area contributed by atoms with Gasteiger partial charge in [0.05, 0.1) is 31.6 Å². The number of fused-ring (bicyclic) bond motifs is 1. The SMILES string of the molecule is COc1ccc(NC(=O)C(C)Sc2cc(C)c3cccc(OC)c3n2)cc1OC. The molecule has 1 aromatic heterocycles. The minimum absolute atomic E-state index is 0.123. The van der Waals surface area contributed by atoms with Crippen LogP contribution in [0.15, 0.2) is 47.5 Å². The largest absolute Gasteiger partial charge is 0.494 e. The highest BCUT2D eigenvalue weighted by Crippen LogP contribution is 2.32. The maximum absolute atomic E-state index is 12.7. The molecular weight excluding hydrogens is 388 g/mol. The number of hydrogen-bond acceptors (Lipinski definition) is 6. The van der Waals surface area contributed by atoms with Gasteiger partial charge in [-0.05, 0) is 43.7 Å². The molecule has 1 atom stereocenters. The van der Waals surface area contributed by atoms with Crippen LogP contribution >= 0.6 is 11.8 Å². The lowest BCUT2D eigenvalue weighted by molar-refractivity contribution is -0.115. The molecule has 0 radical (unpaired) electrons. The van der Waals surface area contributed by atoms with Crippen LogP contribution in [-0.4, -0.2) is 37.5 Å². The van der Waals surface area contributed by atoms with Gasteiger partial charge in [-0.1, -0.05) is 23.9 Å². The number of nitrogens with zero attached hydrogens (tertiary/aromatic N) is 1. The Labute approximate surface area is 174 Å². The summed E-state index contributed by atoms with van der Waals surface area (Å²) in [5, 5.41) is 4.38. The van der Waals surface area contributed by atoms with Crippen molar-refractivity contribution in [1.29, 1.82) is 0 Å². The first-order valence-corrected chi connectivity index (χ1v) is 9.98. The zero-order valence-corrected chi connectivity index (χ0v) is 17.9. The maximum atomic E-state index is 12.7. The lowest BCUT2D eigenvalue weighted by Crippen LogP contribution is -2.22. The van der Waals surface area contributed by atoms with E-state index in [-0.39, 0.29) is 11.2 Å². The van der Waals surface area contributed by atoms with Gasteiger partial charge in [-0.25, -0.2) is 4.98 Å². The fourth-order valence-electron chi connectivity index (χ4n) is 2.98. The van der Waals surface area contributed by atoms with Gasteiger partial charge < -0.3 is 19.5 Å². The number of thioether (sulfide) groups is 1. The molecular formula is C22H24N2O4S. The summed E-state index contributed by atoms with van der Waals surface area (Å²) in [7, 11) is 4.76. The number of benzene rings is 2. The van der Waals surface area contributed by atoms with Crippen molar-refractivity contribution in [3.05, 3.63) is 48.0 Å². The second-order valence-corrected chi connectivity index (χ2v) is 7.81. The third-order valence-electron chi connectivity index (χ3n) is 4.52. The molecule has 6 nitrogen and oxygen atoms in total. The van der Waals surface area contributed by atoms with Crippen LogP contribution in [0.5, 0.6) is 17.2 Å². The molecule has 3 aromatic rings. The summed E-state index contributed by atoms with van der Waals surface area (Å²) in [5.41, 5.74) is 2.53. The second-order valence-electron chi connectivity index (χ2n) is 6.45. The number of ether oxygens (including phenoxy) is 3. The average Bonchev–Trinajstić information content (AvgIpc) is 2.73. The van der Waals surface area contributed by atoms with Crippen molar-refractivity contribution in [1.82, 2.24) is 4.98 Å². The van der Waals surface area contributed by atoms with Crippen LogP contribution in [0.2, 0.25) is 0 Å². The number of anilines is 1. The van der Waals surface area contributed by atoms with Crippen molar-refractivity contribution in [2.75, 3.05) is 26.6 Å². The number of carbonyl (C=O) groups is 1. The van der Waals surface area contributed by atoms with Crippen LogP contribution in [0.4, 0.5) is 5.69 Å². The van der Waals surface area contributed by atoms with Gasteiger partial charge >= 0.3 is 0 Å². The number of amides is 1. The highest BCUT2D eigenvalue weighted by Gasteiger charge is 2.18. The summed E-state index contributed by atoms with van der Waals surface area (Å²) in [4.78, 5) is 17.4. The van der Waals surface area contributed by atoms with E-state index in [0.29, 0.717) is 17.2 Å². The van der Waals surface area contributed by atoms with Crippen LogP contribution in [0.3, 0.4) is 0 Å². The third kappa shape index (κ3) is 4.56. The van der Waals surface area contributed by atoms with Crippen molar-refractivity contribution in [2.24, 2.45) is 0 Å². The highest BCUT2D eigenvalue weighted by molar-refractivity contribution is 8.00. The van der Waals surface area contributed by atoms with Crippen LogP contribution in [0.25, 0.3) is 10.9 Å². The number of aromatic nitrogens is 1. The highest BCUT2D eigenvalue weighted by atomic mass is 32.2. The summed E-state index contributed by atoms with van der Waals surface area (Å²) < 4.78 is 16.0. The Balaban J connectivity index is 1.77. The van der Waals surface area contributed by atoms with Gasteiger partial charge in [0.1, 0.15) is 11.3 Å². The molecule has 3 rings (SSSR count). The normalized spacial score (nSPS) is 11.8. The van der Waals surface area contributed by atoms with Crippen LogP contribution in [-0.2, 0) is 4.79 Å². The second kappa shape index (κ2) is 9.05. The number of para-hydroxylation sites is 1. The molecule has 0 saturated carbocycles. The van der Waals surface area contributed by atoms with E-state index in [9.17, 15) is 4.79 Å². The van der Waals surface area contributed by atoms with E-state index in [1.165, 1.54) is 11.8 Å². The van der Waals surface area contributed by atoms with Crippen LogP contribution in [0, 0.1) is 6.92 Å². The van der Waals surface area contributed by atoms with E-state index in [1.54, 1.807) is 39.5 Å². The predicted octanol–water partition coefficient (Wildman–Crippen LogP) is 4.69. The smallest absolute Gasteiger partial charge is 0.237 e. The number of aryl methyl sites for hydroxylation is 1. The van der Waals surface area contributed by atoms with Crippen molar-refractivity contribution in [3.8, 4) is 17.2 Å². The van der Waals surface area contributed by atoms with Crippen molar-refractivity contribution in [2.45, 2.75) is 24.1 Å². The summed E-state index contributed by atoms with van der Waals surface area (Å²) in [6, 6.07) is 13.1. The number of rotatable bonds is 7. The number of hydrogen-bond donors (Lipinski definition) is 1. The Morgan fingerprint density at radius 3 is 2.41 bits per heavy atom. The predicted molar refractivity (Wildman–Crippen MR) is 117 cm³/mol. The first kappa shape index (κ1) is 20.8. The van der Waals surface area contributed by atoms with Gasteiger partial charge in [-0.3, -0.25) is 4.79 Å². The number of nitrogens with one attached hydrogen (secondary N) is 1. The zero-order chi connectivity index (χ0) is 21.0. The van der Waals surface area contributed by atoms with Crippen molar-refractivity contribution >= 4 is 34.3 Å². The van der Waals surface area contributed by atoms with Gasteiger partial charge in [0.2, 0.25) is 5.91 Å². The molecule has 1 unspecified atom stereocenters. The molecule has 0 aliphatic rings. The molecule has 2 aromatic carbocycles. The zero-order valence-electron chi connectivity index (χ0n) is 17.1. The molecule has 0 aliphatic heterocycles. The Morgan fingerprint density at radius 2 is 1.72 bits per heavy atom. The van der Waals surface area contributed by atoms with Gasteiger partial charge in [-0.2, -0.15) is 0 Å². The molecule has 0 bridgehead atoms. The number of carbonyl (C=O) groups excluding carboxylic acids is 1. The minimum Gasteiger partial charge on any atom is -0.494 e. The molecule has 7 heteroatoms. The van der Waals surface area contributed by atoms with Gasteiger partial charge in [0, 0.05) is 17.1 Å². The summed E-state index contributed by atoms with van der Waals surface area (Å²) in [5.74, 6) is 1.76. The fourth-order valence-corrected chi connectivity index (χ4v) is 3.90. The molecule has 0 fully saturated rings. The summed E-state index contributed by atoms with van der Waals surface area (Å²) in [6.07, 6.45) is 0. The van der Waals surface area contributed by atoms with Gasteiger partial charge in [0.25, 0.3) is 0 Å². The summed E-state index contributed by atoms with van der Waals surface area (Å²) in [6.45, 7) is 3.88. The van der Waals surface area contributed by atoms with Crippen LogP contribution in [0.1, 0.15) is 12.5 Å². The first-order valence-electron chi connectivity index (χ1n) is 9.10. The Kier molecular flexibility index (Phi) is 6.49. The number of pyridine rings is 1. The molecule has 152 valence electrons. The average molecular weight is 413 g/mol. The van der Waals surface area contributed by atoms with E-state index < -0.39 is 0 Å². The van der Waals surface area contributed by atoms with E-state index in [0.717, 1.165) is 27.2 Å². The van der Waals surface area contributed by atoms with E-state index >= 15 is 0 Å². The van der Waals surface area contributed by atoms with Crippen molar-refractivity contribution in [3.63, 3.8) is 0 Å². The molecule has 29 heavy (non-hydrogen) atoms. The van der Waals surface area contributed by atoms with Crippen molar-refractivity contribution < 1.29 is 19.0 Å². The Morgan fingerprint density at radius 1 is 1.00 bits per heavy atom. The first-order chi connectivity index (χ1) is 14.0. The molecule has 1 heterocycles. The topological polar surface area (TPSA) is 69.7 Å². The van der Waals surface area contributed by atoms with E-state index in [1.807, 2.05) is 38.1 Å². The standard InChI is InChI=1S/C22H24N2O4S/c1-13-11-20(24-21-16(13)7-6-8-18(21)27-4)29-14(2)22(25)23-15-9-10-17(26-3)19(12-15)28-5/h6-12,14H,1-5H3,(H,23,25). The van der Waals surface area contributed by atoms with Gasteiger partial charge in [-0.15, -0.1) is 0 Å². The fraction of sp³-hybridized carbons (Fsp3) is 0.273. The van der Waals surface area contributed by atoms with E-state index in [4.69, 9.17) is 19.2 Å². The lowest BCUT2D eigenvalue weighted by Gasteiger charge is -2.15. The third-order valence-corrected chi connectivity index (χ3v) is 5.54. The number of methoxy groups -OCH3 is 3. The minimum atomic E-state index is -0.345. The monoisotopic (exact) mass is 412 g/mol. The Bertz CT molecular complexity index is 1040. The molecule has 0 spiro atoms. The quantitative estimate of drug-likeness (QED) is 0.568. The van der Waals surface area contributed by atoms with Crippen LogP contribution < -0.4 is 19.5 Å². The Hall–Kier alpha value is -2.93. The lowest BCUT2D eigenvalue weighted by atomic mass is 10.1. The molecule has 0 aliphatic carbocycles. The molecule has 1 N–H and O–H groups in total. The summed E-state index contributed by atoms with van der Waals surface area (Å²) >= 11 is 1.40. The maximum Gasteiger partial charge on any atom is 0.237 e.